The van der Waals surface area contributed by atoms with E-state index in [1.54, 1.807) is 12.1 Å². The summed E-state index contributed by atoms with van der Waals surface area (Å²) in [6.07, 6.45) is 7.24. The van der Waals surface area contributed by atoms with Gasteiger partial charge in [-0.2, -0.15) is 0 Å². The van der Waals surface area contributed by atoms with Crippen molar-refractivity contribution in [3.8, 4) is 12.3 Å². The lowest BCUT2D eigenvalue weighted by Gasteiger charge is -2.11. The van der Waals surface area contributed by atoms with Crippen LogP contribution in [0.15, 0.2) is 24.3 Å². The molecule has 2 nitrogen and oxygen atoms in total. The Balaban J connectivity index is 2.61. The van der Waals surface area contributed by atoms with Crippen LogP contribution in [0.2, 0.25) is 0 Å². The van der Waals surface area contributed by atoms with Crippen LogP contribution in [0.25, 0.3) is 0 Å². The number of hydrogen-bond donors (Lipinski definition) is 1. The van der Waals surface area contributed by atoms with Crippen LogP contribution in [-0.2, 0) is 11.2 Å². The topological polar surface area (TPSA) is 37.3 Å². The Morgan fingerprint density at radius 1 is 1.53 bits per heavy atom. The van der Waals surface area contributed by atoms with Crippen LogP contribution >= 0.6 is 0 Å². The van der Waals surface area contributed by atoms with Crippen LogP contribution in [0, 0.1) is 24.1 Å². The quantitative estimate of drug-likeness (QED) is 0.607. The van der Waals surface area contributed by atoms with Crippen LogP contribution in [-0.4, -0.2) is 11.1 Å². The summed E-state index contributed by atoms with van der Waals surface area (Å²) in [6.45, 7) is 0. The summed E-state index contributed by atoms with van der Waals surface area (Å²) < 4.78 is 13.0. The van der Waals surface area contributed by atoms with Crippen LogP contribution in [0.3, 0.4) is 0 Å². The summed E-state index contributed by atoms with van der Waals surface area (Å²) in [5, 5.41) is 9.06. The van der Waals surface area contributed by atoms with Crippen LogP contribution in [0.5, 0.6) is 0 Å². The molecule has 1 aromatic rings. The maximum absolute atomic E-state index is 13.0. The number of hydrogen-bond acceptors (Lipinski definition) is 1. The zero-order chi connectivity index (χ0) is 12.7. The van der Waals surface area contributed by atoms with Crippen LogP contribution < -0.4 is 0 Å². The van der Waals surface area contributed by atoms with E-state index in [4.69, 9.17) is 11.5 Å². The minimum atomic E-state index is -0.855. The smallest absolute Gasteiger partial charge is 0.306 e. The Kier molecular flexibility index (Phi) is 5.22. The second-order valence-electron chi connectivity index (χ2n) is 3.97. The maximum atomic E-state index is 13.0. The molecule has 0 radical (unpaired) electrons. The SMILES string of the molecule is C#CCCCC(Cc1cccc(F)c1)C(=O)O. The molecule has 0 amide bonds. The Labute approximate surface area is 100 Å². The van der Waals surface area contributed by atoms with Gasteiger partial charge in [-0.25, -0.2) is 4.39 Å². The van der Waals surface area contributed by atoms with Gasteiger partial charge in [0.1, 0.15) is 5.82 Å². The lowest BCUT2D eigenvalue weighted by molar-refractivity contribution is -0.141. The molecule has 90 valence electrons. The highest BCUT2D eigenvalue weighted by Gasteiger charge is 2.17. The highest BCUT2D eigenvalue weighted by atomic mass is 19.1. The molecule has 0 saturated heterocycles. The van der Waals surface area contributed by atoms with Crippen LogP contribution in [0.1, 0.15) is 24.8 Å². The van der Waals surface area contributed by atoms with E-state index in [9.17, 15) is 9.18 Å². The highest BCUT2D eigenvalue weighted by Crippen LogP contribution is 2.16. The molecular formula is C14H15FO2. The van der Waals surface area contributed by atoms with E-state index in [2.05, 4.69) is 5.92 Å². The van der Waals surface area contributed by atoms with E-state index in [0.29, 0.717) is 31.2 Å². The number of unbranched alkanes of at least 4 members (excludes halogenated alkanes) is 1. The summed E-state index contributed by atoms with van der Waals surface area (Å²) in [5.74, 6) is 0.794. The largest absolute Gasteiger partial charge is 0.481 e. The molecule has 1 N–H and O–H groups in total. The molecule has 1 rings (SSSR count). The normalized spacial score (nSPS) is 11.8. The fourth-order valence-electron chi connectivity index (χ4n) is 1.71. The lowest BCUT2D eigenvalue weighted by Crippen LogP contribution is -2.16. The molecule has 0 saturated carbocycles. The molecule has 0 aliphatic carbocycles. The molecule has 1 atom stereocenters. The minimum Gasteiger partial charge on any atom is -0.481 e. The fraction of sp³-hybridized carbons (Fsp3) is 0.357. The monoisotopic (exact) mass is 234 g/mol. The standard InChI is InChI=1S/C14H15FO2/c1-2-3-4-7-12(14(16)17)9-11-6-5-8-13(15)10-11/h1,5-6,8,10,12H,3-4,7,9H2,(H,16,17). The van der Waals surface area contributed by atoms with Crippen molar-refractivity contribution in [1.82, 2.24) is 0 Å². The Hall–Kier alpha value is -1.82. The molecule has 3 heteroatoms. The summed E-state index contributed by atoms with van der Waals surface area (Å²) in [4.78, 5) is 11.0. The van der Waals surface area contributed by atoms with Crippen molar-refractivity contribution in [2.45, 2.75) is 25.7 Å². The van der Waals surface area contributed by atoms with E-state index in [0.717, 1.165) is 0 Å². The van der Waals surface area contributed by atoms with Gasteiger partial charge in [-0.3, -0.25) is 4.79 Å². The first-order valence-electron chi connectivity index (χ1n) is 5.54. The first-order chi connectivity index (χ1) is 8.13. The van der Waals surface area contributed by atoms with E-state index >= 15 is 0 Å². The van der Waals surface area contributed by atoms with Gasteiger partial charge in [-0.15, -0.1) is 12.3 Å². The molecule has 17 heavy (non-hydrogen) atoms. The van der Waals surface area contributed by atoms with Crippen molar-refractivity contribution in [2.75, 3.05) is 0 Å². The third-order valence-corrected chi connectivity index (χ3v) is 2.59. The van der Waals surface area contributed by atoms with Gasteiger partial charge >= 0.3 is 5.97 Å². The predicted octanol–water partition coefficient (Wildman–Crippen LogP) is 2.87. The van der Waals surface area contributed by atoms with Crippen molar-refractivity contribution in [1.29, 1.82) is 0 Å². The van der Waals surface area contributed by atoms with E-state index in [-0.39, 0.29) is 5.82 Å². The molecule has 0 heterocycles. The second-order valence-corrected chi connectivity index (χ2v) is 3.97. The van der Waals surface area contributed by atoms with Gasteiger partial charge in [-0.1, -0.05) is 12.1 Å². The van der Waals surface area contributed by atoms with Gasteiger partial charge in [0.2, 0.25) is 0 Å². The van der Waals surface area contributed by atoms with Gasteiger partial charge in [0.05, 0.1) is 5.92 Å². The first-order valence-corrected chi connectivity index (χ1v) is 5.54. The number of carboxylic acids is 1. The minimum absolute atomic E-state index is 0.338. The highest BCUT2D eigenvalue weighted by molar-refractivity contribution is 5.70. The Bertz CT molecular complexity index is 420. The fourth-order valence-corrected chi connectivity index (χ4v) is 1.71. The van der Waals surface area contributed by atoms with E-state index < -0.39 is 11.9 Å². The maximum Gasteiger partial charge on any atom is 0.306 e. The molecule has 0 aliphatic rings. The van der Waals surface area contributed by atoms with Gasteiger partial charge in [0.25, 0.3) is 0 Å². The van der Waals surface area contributed by atoms with Gasteiger partial charge in [0, 0.05) is 6.42 Å². The summed E-state index contributed by atoms with van der Waals surface area (Å²) >= 11 is 0. The summed E-state index contributed by atoms with van der Waals surface area (Å²) in [6, 6.07) is 6.04. The summed E-state index contributed by atoms with van der Waals surface area (Å²) in [7, 11) is 0. The lowest BCUT2D eigenvalue weighted by atomic mass is 9.94. The van der Waals surface area contributed by atoms with E-state index in [1.165, 1.54) is 12.1 Å². The molecule has 0 aliphatic heterocycles. The number of carboxylic acid groups (broad SMARTS) is 1. The third kappa shape index (κ3) is 4.69. The molecule has 1 unspecified atom stereocenters. The predicted molar refractivity (Wildman–Crippen MR) is 63.9 cm³/mol. The Morgan fingerprint density at radius 3 is 2.88 bits per heavy atom. The summed E-state index contributed by atoms with van der Waals surface area (Å²) in [5.41, 5.74) is 0.707. The van der Waals surface area contributed by atoms with E-state index in [1.807, 2.05) is 0 Å². The average molecular weight is 234 g/mol. The number of rotatable bonds is 6. The molecule has 0 aromatic heterocycles. The third-order valence-electron chi connectivity index (χ3n) is 2.59. The number of carbonyl (C=O) groups is 1. The number of terminal acetylenes is 1. The molecule has 0 spiro atoms. The van der Waals surface area contributed by atoms with Crippen LogP contribution in [0.4, 0.5) is 4.39 Å². The average Bonchev–Trinajstić information content (AvgIpc) is 2.28. The number of halogens is 1. The second kappa shape index (κ2) is 6.70. The van der Waals surface area contributed by atoms with Crippen molar-refractivity contribution < 1.29 is 14.3 Å². The zero-order valence-corrected chi connectivity index (χ0v) is 9.53. The van der Waals surface area contributed by atoms with Crippen molar-refractivity contribution in [3.05, 3.63) is 35.6 Å². The van der Waals surface area contributed by atoms with Crippen molar-refractivity contribution in [2.24, 2.45) is 5.92 Å². The molecular weight excluding hydrogens is 219 g/mol. The van der Waals surface area contributed by atoms with Crippen molar-refractivity contribution in [3.63, 3.8) is 0 Å². The van der Waals surface area contributed by atoms with Gasteiger partial charge in [-0.05, 0) is 37.0 Å². The molecule has 0 fully saturated rings. The van der Waals surface area contributed by atoms with Gasteiger partial charge < -0.3 is 5.11 Å². The molecule has 0 bridgehead atoms. The van der Waals surface area contributed by atoms with Gasteiger partial charge in [0.15, 0.2) is 0 Å². The number of aliphatic carboxylic acids is 1. The zero-order valence-electron chi connectivity index (χ0n) is 9.53. The van der Waals surface area contributed by atoms with Crippen molar-refractivity contribution >= 4 is 5.97 Å². The first kappa shape index (κ1) is 13.2. The molecule has 1 aromatic carbocycles. The Morgan fingerprint density at radius 2 is 2.29 bits per heavy atom. The number of benzene rings is 1.